The van der Waals surface area contributed by atoms with Crippen LogP contribution in [0.2, 0.25) is 0 Å². The summed E-state index contributed by atoms with van der Waals surface area (Å²) >= 11 is 0. The van der Waals surface area contributed by atoms with Crippen LogP contribution in [-0.4, -0.2) is 12.0 Å². The zero-order valence-corrected chi connectivity index (χ0v) is 5.64. The number of rotatable bonds is 2. The molecular weight excluding hydrogens is 116 g/mol. The highest BCUT2D eigenvalue weighted by atomic mass is 16.4. The van der Waals surface area contributed by atoms with E-state index in [2.05, 4.69) is 10.3 Å². The summed E-state index contributed by atoms with van der Waals surface area (Å²) in [4.78, 5) is 3.98. The molecule has 0 radical (unpaired) electrons. The minimum absolute atomic E-state index is 0.729. The minimum Gasteiger partial charge on any atom is -0.425 e. The molecule has 0 aromatic carbocycles. The topological polar surface area (TPSA) is 38.1 Å². The lowest BCUT2D eigenvalue weighted by molar-refractivity contribution is 0.515. The maximum Gasteiger partial charge on any atom is 0.213 e. The van der Waals surface area contributed by atoms with Crippen molar-refractivity contribution in [3.63, 3.8) is 0 Å². The van der Waals surface area contributed by atoms with Crippen molar-refractivity contribution in [3.05, 3.63) is 12.1 Å². The van der Waals surface area contributed by atoms with Gasteiger partial charge >= 0.3 is 0 Å². The van der Waals surface area contributed by atoms with E-state index in [1.54, 1.807) is 13.2 Å². The Bertz CT molecular complexity index is 164. The average Bonchev–Trinajstić information content (AvgIpc) is 2.34. The summed E-state index contributed by atoms with van der Waals surface area (Å²) in [5.41, 5.74) is 0. The van der Waals surface area contributed by atoms with Gasteiger partial charge in [-0.2, -0.15) is 0 Å². The van der Waals surface area contributed by atoms with Crippen molar-refractivity contribution in [2.45, 2.75) is 13.3 Å². The van der Waals surface area contributed by atoms with Crippen molar-refractivity contribution in [1.29, 1.82) is 0 Å². The molecule has 0 atom stereocenters. The molecule has 0 saturated carbocycles. The number of oxazole rings is 1. The molecule has 0 amide bonds. The molecule has 1 rings (SSSR count). The molecule has 0 aliphatic carbocycles. The molecule has 1 heterocycles. The Morgan fingerprint density at radius 3 is 2.89 bits per heavy atom. The highest BCUT2D eigenvalue weighted by Crippen LogP contribution is 2.07. The van der Waals surface area contributed by atoms with Gasteiger partial charge in [-0.3, -0.25) is 0 Å². The molecule has 3 heteroatoms. The molecule has 0 spiro atoms. The average molecular weight is 126 g/mol. The highest BCUT2D eigenvalue weighted by molar-refractivity contribution is 5.25. The molecule has 1 N–H and O–H groups in total. The van der Waals surface area contributed by atoms with Gasteiger partial charge in [0.1, 0.15) is 0 Å². The van der Waals surface area contributed by atoms with Crippen LogP contribution in [0.3, 0.4) is 0 Å². The Morgan fingerprint density at radius 1 is 1.78 bits per heavy atom. The summed E-state index contributed by atoms with van der Waals surface area (Å²) in [5.74, 6) is 1.51. The van der Waals surface area contributed by atoms with Gasteiger partial charge in [-0.25, -0.2) is 4.98 Å². The zero-order chi connectivity index (χ0) is 6.69. The summed E-state index contributed by atoms with van der Waals surface area (Å²) in [6, 6.07) is 0. The standard InChI is InChI=1S/C6H10N2O/c1-3-5-8-4-6(7-2)9-5/h4,7H,3H2,1-2H3. The summed E-state index contributed by atoms with van der Waals surface area (Å²) in [5, 5.41) is 2.85. The lowest BCUT2D eigenvalue weighted by atomic mass is 10.5. The van der Waals surface area contributed by atoms with Crippen LogP contribution in [0.15, 0.2) is 10.6 Å². The van der Waals surface area contributed by atoms with Crippen LogP contribution in [0, 0.1) is 0 Å². The zero-order valence-electron chi connectivity index (χ0n) is 5.64. The fraction of sp³-hybridized carbons (Fsp3) is 0.500. The van der Waals surface area contributed by atoms with Crippen LogP contribution in [-0.2, 0) is 6.42 Å². The summed E-state index contributed by atoms with van der Waals surface area (Å²) in [7, 11) is 1.81. The minimum atomic E-state index is 0.729. The summed E-state index contributed by atoms with van der Waals surface area (Å²) in [6.07, 6.45) is 2.53. The van der Waals surface area contributed by atoms with Gasteiger partial charge in [-0.05, 0) is 0 Å². The lowest BCUT2D eigenvalue weighted by Gasteiger charge is -1.87. The molecule has 0 bridgehead atoms. The van der Waals surface area contributed by atoms with Crippen molar-refractivity contribution in [3.8, 4) is 0 Å². The lowest BCUT2D eigenvalue weighted by Crippen LogP contribution is -1.82. The van der Waals surface area contributed by atoms with E-state index in [0.29, 0.717) is 0 Å². The van der Waals surface area contributed by atoms with Gasteiger partial charge in [0.15, 0.2) is 5.89 Å². The fourth-order valence-corrected chi connectivity index (χ4v) is 0.589. The quantitative estimate of drug-likeness (QED) is 0.648. The molecule has 50 valence electrons. The van der Waals surface area contributed by atoms with E-state index in [1.807, 2.05) is 6.92 Å². The first-order valence-corrected chi connectivity index (χ1v) is 2.99. The fourth-order valence-electron chi connectivity index (χ4n) is 0.589. The van der Waals surface area contributed by atoms with Crippen molar-refractivity contribution >= 4 is 5.88 Å². The van der Waals surface area contributed by atoms with Crippen molar-refractivity contribution in [1.82, 2.24) is 4.98 Å². The molecule has 0 aliphatic heterocycles. The second-order valence-electron chi connectivity index (χ2n) is 1.72. The Morgan fingerprint density at radius 2 is 2.56 bits per heavy atom. The van der Waals surface area contributed by atoms with Gasteiger partial charge in [-0.1, -0.05) is 6.92 Å². The van der Waals surface area contributed by atoms with Crippen molar-refractivity contribution in [2.24, 2.45) is 0 Å². The van der Waals surface area contributed by atoms with Gasteiger partial charge < -0.3 is 9.73 Å². The van der Waals surface area contributed by atoms with Crippen LogP contribution in [0.5, 0.6) is 0 Å². The first-order valence-electron chi connectivity index (χ1n) is 2.99. The predicted molar refractivity (Wildman–Crippen MR) is 35.4 cm³/mol. The first-order chi connectivity index (χ1) is 4.36. The molecule has 9 heavy (non-hydrogen) atoms. The molecule has 0 aliphatic rings. The molecular formula is C6H10N2O. The van der Waals surface area contributed by atoms with Gasteiger partial charge in [-0.15, -0.1) is 0 Å². The van der Waals surface area contributed by atoms with E-state index in [-0.39, 0.29) is 0 Å². The maximum atomic E-state index is 5.16. The third-order valence-electron chi connectivity index (χ3n) is 1.10. The molecule has 1 aromatic heterocycles. The Hall–Kier alpha value is -0.990. The first kappa shape index (κ1) is 6.13. The number of hydrogen-bond donors (Lipinski definition) is 1. The number of aromatic nitrogens is 1. The smallest absolute Gasteiger partial charge is 0.213 e. The number of aryl methyl sites for hydroxylation is 1. The van der Waals surface area contributed by atoms with Gasteiger partial charge in [0.2, 0.25) is 5.88 Å². The van der Waals surface area contributed by atoms with Crippen LogP contribution in [0.25, 0.3) is 0 Å². The van der Waals surface area contributed by atoms with Gasteiger partial charge in [0.25, 0.3) is 0 Å². The number of anilines is 1. The van der Waals surface area contributed by atoms with E-state index in [4.69, 9.17) is 4.42 Å². The largest absolute Gasteiger partial charge is 0.425 e. The third kappa shape index (κ3) is 1.22. The molecule has 3 nitrogen and oxygen atoms in total. The third-order valence-corrected chi connectivity index (χ3v) is 1.10. The number of nitrogens with one attached hydrogen (secondary N) is 1. The van der Waals surface area contributed by atoms with Crippen LogP contribution < -0.4 is 5.32 Å². The Labute approximate surface area is 54.1 Å². The van der Waals surface area contributed by atoms with E-state index >= 15 is 0 Å². The van der Waals surface area contributed by atoms with Gasteiger partial charge in [0, 0.05) is 13.5 Å². The monoisotopic (exact) mass is 126 g/mol. The summed E-state index contributed by atoms with van der Waals surface area (Å²) < 4.78 is 5.16. The van der Waals surface area contributed by atoms with Crippen molar-refractivity contribution < 1.29 is 4.42 Å². The number of hydrogen-bond acceptors (Lipinski definition) is 3. The van der Waals surface area contributed by atoms with Crippen LogP contribution in [0.1, 0.15) is 12.8 Å². The second-order valence-corrected chi connectivity index (χ2v) is 1.72. The van der Waals surface area contributed by atoms with Crippen molar-refractivity contribution in [2.75, 3.05) is 12.4 Å². The number of nitrogens with zero attached hydrogens (tertiary/aromatic N) is 1. The van der Waals surface area contributed by atoms with Crippen LogP contribution >= 0.6 is 0 Å². The van der Waals surface area contributed by atoms with Crippen LogP contribution in [0.4, 0.5) is 5.88 Å². The molecule has 0 fully saturated rings. The van der Waals surface area contributed by atoms with Gasteiger partial charge in [0.05, 0.1) is 6.20 Å². The summed E-state index contributed by atoms with van der Waals surface area (Å²) in [6.45, 7) is 2.01. The Balaban J connectivity index is 2.74. The predicted octanol–water partition coefficient (Wildman–Crippen LogP) is 1.28. The molecule has 0 unspecified atom stereocenters. The van der Waals surface area contributed by atoms with E-state index < -0.39 is 0 Å². The Kier molecular flexibility index (Phi) is 1.72. The maximum absolute atomic E-state index is 5.16. The molecule has 1 aromatic rings. The van der Waals surface area contributed by atoms with E-state index in [0.717, 1.165) is 18.2 Å². The second kappa shape index (κ2) is 2.53. The normalized spacial score (nSPS) is 9.56. The molecule has 0 saturated heterocycles. The SMILES string of the molecule is CCc1ncc(NC)o1. The highest BCUT2D eigenvalue weighted by Gasteiger charge is 1.96. The van der Waals surface area contributed by atoms with E-state index in [9.17, 15) is 0 Å². The van der Waals surface area contributed by atoms with E-state index in [1.165, 1.54) is 0 Å².